The summed E-state index contributed by atoms with van der Waals surface area (Å²) in [5.41, 5.74) is 3.04. The Hall–Kier alpha value is -2.89. The molecule has 1 aliphatic heterocycles. The number of amides is 1. The molecule has 1 N–H and O–H groups in total. The van der Waals surface area contributed by atoms with Crippen molar-refractivity contribution >= 4 is 17.4 Å². The van der Waals surface area contributed by atoms with Crippen LogP contribution in [0.2, 0.25) is 0 Å². The summed E-state index contributed by atoms with van der Waals surface area (Å²) in [5, 5.41) is 3.42. The first-order valence-corrected chi connectivity index (χ1v) is 10.6. The number of allylic oxidation sites excluding steroid dienone is 1. The lowest BCUT2D eigenvalue weighted by atomic mass is 9.97. The normalized spacial score (nSPS) is 17.0. The fraction of sp³-hybridized carbons (Fsp3) is 0.435. The number of nitrogens with zero attached hydrogens (tertiary/aromatic N) is 4. The number of hydrogen-bond acceptors (Lipinski definition) is 5. The Kier molecular flexibility index (Phi) is 6.39. The Labute approximate surface area is 172 Å². The molecule has 0 bridgehead atoms. The Morgan fingerprint density at radius 2 is 1.93 bits per heavy atom. The lowest BCUT2D eigenvalue weighted by molar-refractivity contribution is 0.0740. The minimum atomic E-state index is 0.00424. The summed E-state index contributed by atoms with van der Waals surface area (Å²) < 4.78 is 0. The van der Waals surface area contributed by atoms with Crippen molar-refractivity contribution in [2.75, 3.05) is 42.9 Å². The van der Waals surface area contributed by atoms with E-state index in [4.69, 9.17) is 0 Å². The van der Waals surface area contributed by atoms with E-state index in [1.54, 1.807) is 18.0 Å². The topological polar surface area (TPSA) is 61.4 Å². The average Bonchev–Trinajstić information content (AvgIpc) is 2.80. The van der Waals surface area contributed by atoms with Crippen LogP contribution in [0, 0.1) is 0 Å². The van der Waals surface area contributed by atoms with Gasteiger partial charge in [0.2, 0.25) is 0 Å². The minimum Gasteiger partial charge on any atom is -0.383 e. The molecule has 29 heavy (non-hydrogen) atoms. The molecule has 2 aliphatic rings. The molecule has 0 unspecified atom stereocenters. The van der Waals surface area contributed by atoms with E-state index in [-0.39, 0.29) is 5.91 Å². The van der Waals surface area contributed by atoms with Crippen LogP contribution in [0.5, 0.6) is 0 Å². The van der Waals surface area contributed by atoms with Gasteiger partial charge in [-0.3, -0.25) is 4.79 Å². The van der Waals surface area contributed by atoms with Crippen LogP contribution in [0.4, 0.5) is 11.5 Å². The van der Waals surface area contributed by atoms with E-state index in [1.165, 1.54) is 25.7 Å². The van der Waals surface area contributed by atoms with Crippen LogP contribution < -0.4 is 10.2 Å². The number of nitrogens with one attached hydrogen (secondary N) is 1. The lowest BCUT2D eigenvalue weighted by Crippen LogP contribution is -2.49. The summed E-state index contributed by atoms with van der Waals surface area (Å²) in [6.45, 7) is 3.87. The molecule has 0 radical (unpaired) electrons. The molecule has 2 aromatic rings. The van der Waals surface area contributed by atoms with E-state index in [0.29, 0.717) is 18.8 Å². The monoisotopic (exact) mass is 391 g/mol. The summed E-state index contributed by atoms with van der Waals surface area (Å²) in [6, 6.07) is 9.71. The van der Waals surface area contributed by atoms with E-state index >= 15 is 0 Å². The smallest absolute Gasteiger partial charge is 0.272 e. The molecule has 1 saturated heterocycles. The van der Waals surface area contributed by atoms with E-state index in [1.807, 2.05) is 35.2 Å². The van der Waals surface area contributed by atoms with Crippen molar-refractivity contribution in [1.82, 2.24) is 14.9 Å². The molecule has 152 valence electrons. The summed E-state index contributed by atoms with van der Waals surface area (Å²) >= 11 is 0. The van der Waals surface area contributed by atoms with Crippen LogP contribution >= 0.6 is 0 Å². The quantitative estimate of drug-likeness (QED) is 0.760. The van der Waals surface area contributed by atoms with Gasteiger partial charge in [0.05, 0.1) is 11.9 Å². The first kappa shape index (κ1) is 19.4. The van der Waals surface area contributed by atoms with Gasteiger partial charge in [-0.1, -0.05) is 17.7 Å². The Bertz CT molecular complexity index is 826. The molecule has 4 rings (SSSR count). The zero-order chi connectivity index (χ0) is 19.9. The maximum atomic E-state index is 12.8. The average molecular weight is 392 g/mol. The van der Waals surface area contributed by atoms with Gasteiger partial charge in [0.15, 0.2) is 0 Å². The van der Waals surface area contributed by atoms with Gasteiger partial charge in [0, 0.05) is 38.9 Å². The van der Waals surface area contributed by atoms with Crippen LogP contribution in [0.1, 0.15) is 42.6 Å². The molecule has 1 amide bonds. The number of aromatic nitrogens is 2. The van der Waals surface area contributed by atoms with Crippen molar-refractivity contribution in [2.45, 2.75) is 32.1 Å². The standard InChI is InChI=1S/C23H29N5O/c29-23(28-16-14-27(15-17-28)22-8-4-5-12-25-22)21-10-9-20(18-26-21)24-13-11-19-6-2-1-3-7-19/h4-6,8-10,12,18,24H,1-3,7,11,13-17H2. The van der Waals surface area contributed by atoms with Crippen molar-refractivity contribution in [1.29, 1.82) is 0 Å². The Balaban J connectivity index is 1.25. The highest BCUT2D eigenvalue weighted by Crippen LogP contribution is 2.20. The number of carbonyl (C=O) groups is 1. The van der Waals surface area contributed by atoms with Crippen molar-refractivity contribution in [2.24, 2.45) is 0 Å². The number of hydrogen-bond donors (Lipinski definition) is 1. The third kappa shape index (κ3) is 5.13. The van der Waals surface area contributed by atoms with Gasteiger partial charge in [0.1, 0.15) is 11.5 Å². The zero-order valence-electron chi connectivity index (χ0n) is 16.9. The number of carbonyl (C=O) groups excluding carboxylic acids is 1. The maximum Gasteiger partial charge on any atom is 0.272 e. The van der Waals surface area contributed by atoms with Gasteiger partial charge in [-0.05, 0) is 56.4 Å². The molecule has 0 saturated carbocycles. The van der Waals surface area contributed by atoms with Crippen molar-refractivity contribution < 1.29 is 4.79 Å². The predicted octanol–water partition coefficient (Wildman–Crippen LogP) is 3.74. The molecule has 3 heterocycles. The molecule has 1 aliphatic carbocycles. The number of rotatable bonds is 6. The van der Waals surface area contributed by atoms with Crippen LogP contribution in [0.3, 0.4) is 0 Å². The van der Waals surface area contributed by atoms with E-state index in [2.05, 4.69) is 26.3 Å². The SMILES string of the molecule is O=C(c1ccc(NCCC2=CCCCC2)cn1)N1CCN(c2ccccn2)CC1. The van der Waals surface area contributed by atoms with Gasteiger partial charge in [-0.25, -0.2) is 9.97 Å². The first-order valence-electron chi connectivity index (χ1n) is 10.6. The molecule has 0 aromatic carbocycles. The fourth-order valence-corrected chi connectivity index (χ4v) is 3.97. The fourth-order valence-electron chi connectivity index (χ4n) is 3.97. The van der Waals surface area contributed by atoms with Gasteiger partial charge >= 0.3 is 0 Å². The predicted molar refractivity (Wildman–Crippen MR) is 116 cm³/mol. The van der Waals surface area contributed by atoms with Crippen LogP contribution in [-0.4, -0.2) is 53.5 Å². The van der Waals surface area contributed by atoms with Crippen LogP contribution in [-0.2, 0) is 0 Å². The first-order chi connectivity index (χ1) is 14.3. The highest BCUT2D eigenvalue weighted by Gasteiger charge is 2.23. The number of piperazine rings is 1. The molecule has 0 atom stereocenters. The van der Waals surface area contributed by atoms with Crippen molar-refractivity contribution in [3.05, 3.63) is 60.1 Å². The molecular formula is C23H29N5O. The number of pyridine rings is 2. The molecule has 6 nitrogen and oxygen atoms in total. The second-order valence-electron chi connectivity index (χ2n) is 7.68. The van der Waals surface area contributed by atoms with E-state index in [9.17, 15) is 4.79 Å². The Morgan fingerprint density at radius 1 is 1.03 bits per heavy atom. The van der Waals surface area contributed by atoms with Gasteiger partial charge in [0.25, 0.3) is 5.91 Å². The van der Waals surface area contributed by atoms with Crippen molar-refractivity contribution in [3.8, 4) is 0 Å². The molecular weight excluding hydrogens is 362 g/mol. The molecule has 0 spiro atoms. The number of anilines is 2. The van der Waals surface area contributed by atoms with E-state index < -0.39 is 0 Å². The second-order valence-corrected chi connectivity index (χ2v) is 7.68. The summed E-state index contributed by atoms with van der Waals surface area (Å²) in [4.78, 5) is 25.7. The summed E-state index contributed by atoms with van der Waals surface area (Å²) in [6.07, 6.45) is 12.2. The van der Waals surface area contributed by atoms with Gasteiger partial charge in [-0.15, -0.1) is 0 Å². The zero-order valence-corrected chi connectivity index (χ0v) is 16.9. The Morgan fingerprint density at radius 3 is 2.62 bits per heavy atom. The lowest BCUT2D eigenvalue weighted by Gasteiger charge is -2.35. The van der Waals surface area contributed by atoms with Gasteiger partial charge < -0.3 is 15.1 Å². The minimum absolute atomic E-state index is 0.00424. The van der Waals surface area contributed by atoms with Crippen LogP contribution in [0.15, 0.2) is 54.4 Å². The maximum absolute atomic E-state index is 12.8. The molecule has 6 heteroatoms. The third-order valence-corrected chi connectivity index (χ3v) is 5.68. The molecule has 1 fully saturated rings. The highest BCUT2D eigenvalue weighted by molar-refractivity contribution is 5.92. The summed E-state index contributed by atoms with van der Waals surface area (Å²) in [7, 11) is 0. The van der Waals surface area contributed by atoms with Crippen LogP contribution in [0.25, 0.3) is 0 Å². The second kappa shape index (κ2) is 9.54. The van der Waals surface area contributed by atoms with Crippen molar-refractivity contribution in [3.63, 3.8) is 0 Å². The van der Waals surface area contributed by atoms with E-state index in [0.717, 1.165) is 37.6 Å². The highest BCUT2D eigenvalue weighted by atomic mass is 16.2. The third-order valence-electron chi connectivity index (χ3n) is 5.68. The molecule has 2 aromatic heterocycles. The van der Waals surface area contributed by atoms with Gasteiger partial charge in [-0.2, -0.15) is 0 Å². The largest absolute Gasteiger partial charge is 0.383 e. The summed E-state index contributed by atoms with van der Waals surface area (Å²) in [5.74, 6) is 0.974.